The zero-order valence-electron chi connectivity index (χ0n) is 8.83. The maximum Gasteiger partial charge on any atom is 0.0726 e. The Labute approximate surface area is 89.3 Å². The molecule has 3 N–H and O–H groups in total. The predicted molar refractivity (Wildman–Crippen MR) is 63.8 cm³/mol. The number of anilines is 1. The van der Waals surface area contributed by atoms with Crippen molar-refractivity contribution in [1.29, 1.82) is 0 Å². The number of aromatic nitrogens is 1. The number of hydrogen-bond donors (Lipinski definition) is 2. The number of hydrogen-bond acceptors (Lipinski definition) is 3. The summed E-state index contributed by atoms with van der Waals surface area (Å²) in [6.07, 6.45) is 0. The molecule has 0 spiro atoms. The standard InChI is InChI=1S/C12H15N3/c1-2-14-12-7-9(8-13)15-11-6-4-3-5-10(11)12/h3-7H,2,8,13H2,1H3,(H,14,15). The largest absolute Gasteiger partial charge is 0.385 e. The van der Waals surface area contributed by atoms with Crippen molar-refractivity contribution in [3.63, 3.8) is 0 Å². The third-order valence-corrected chi connectivity index (χ3v) is 2.35. The van der Waals surface area contributed by atoms with E-state index in [1.54, 1.807) is 0 Å². The van der Waals surface area contributed by atoms with Gasteiger partial charge in [-0.15, -0.1) is 0 Å². The third-order valence-electron chi connectivity index (χ3n) is 2.35. The highest BCUT2D eigenvalue weighted by Gasteiger charge is 2.03. The lowest BCUT2D eigenvalue weighted by molar-refractivity contribution is 1.01. The van der Waals surface area contributed by atoms with Crippen molar-refractivity contribution in [3.05, 3.63) is 36.0 Å². The molecule has 3 heteroatoms. The predicted octanol–water partition coefficient (Wildman–Crippen LogP) is 2.13. The van der Waals surface area contributed by atoms with Crippen molar-refractivity contribution in [2.75, 3.05) is 11.9 Å². The summed E-state index contributed by atoms with van der Waals surface area (Å²) in [6.45, 7) is 3.46. The molecule has 2 rings (SSSR count). The monoisotopic (exact) mass is 201 g/mol. The summed E-state index contributed by atoms with van der Waals surface area (Å²) in [4.78, 5) is 4.47. The molecule has 0 aliphatic heterocycles. The number of pyridine rings is 1. The Bertz CT molecular complexity index is 465. The van der Waals surface area contributed by atoms with Gasteiger partial charge in [0.25, 0.3) is 0 Å². The van der Waals surface area contributed by atoms with E-state index in [4.69, 9.17) is 5.73 Å². The van der Waals surface area contributed by atoms with Crippen molar-refractivity contribution in [1.82, 2.24) is 4.98 Å². The van der Waals surface area contributed by atoms with Gasteiger partial charge in [0.05, 0.1) is 11.2 Å². The molecule has 2 aromatic rings. The van der Waals surface area contributed by atoms with Crippen LogP contribution in [0, 0.1) is 0 Å². The van der Waals surface area contributed by atoms with E-state index in [2.05, 4.69) is 23.3 Å². The maximum atomic E-state index is 5.62. The van der Waals surface area contributed by atoms with Gasteiger partial charge in [0.1, 0.15) is 0 Å². The van der Waals surface area contributed by atoms with Crippen LogP contribution in [0.15, 0.2) is 30.3 Å². The average molecular weight is 201 g/mol. The van der Waals surface area contributed by atoms with E-state index in [1.807, 2.05) is 24.3 Å². The van der Waals surface area contributed by atoms with Crippen LogP contribution >= 0.6 is 0 Å². The molecule has 78 valence electrons. The van der Waals surface area contributed by atoms with Crippen LogP contribution in [-0.4, -0.2) is 11.5 Å². The van der Waals surface area contributed by atoms with E-state index in [-0.39, 0.29) is 0 Å². The van der Waals surface area contributed by atoms with Gasteiger partial charge < -0.3 is 11.1 Å². The molecular formula is C12H15N3. The normalized spacial score (nSPS) is 10.5. The van der Waals surface area contributed by atoms with Crippen LogP contribution in [0.3, 0.4) is 0 Å². The molecule has 0 atom stereocenters. The zero-order valence-corrected chi connectivity index (χ0v) is 8.83. The number of fused-ring (bicyclic) bond motifs is 1. The second-order valence-corrected chi connectivity index (χ2v) is 3.41. The van der Waals surface area contributed by atoms with Crippen molar-refractivity contribution in [2.24, 2.45) is 5.73 Å². The quantitative estimate of drug-likeness (QED) is 0.799. The summed E-state index contributed by atoms with van der Waals surface area (Å²) in [5.74, 6) is 0. The van der Waals surface area contributed by atoms with Crippen LogP contribution < -0.4 is 11.1 Å². The Kier molecular flexibility index (Phi) is 2.83. The molecule has 0 bridgehead atoms. The summed E-state index contributed by atoms with van der Waals surface area (Å²) in [7, 11) is 0. The number of rotatable bonds is 3. The zero-order chi connectivity index (χ0) is 10.7. The molecule has 0 aliphatic rings. The van der Waals surface area contributed by atoms with Gasteiger partial charge in [0, 0.05) is 24.2 Å². The minimum atomic E-state index is 0.475. The molecule has 0 fully saturated rings. The van der Waals surface area contributed by atoms with Gasteiger partial charge in [-0.25, -0.2) is 0 Å². The Balaban J connectivity index is 2.63. The third kappa shape index (κ3) is 1.92. The second kappa shape index (κ2) is 4.28. The molecule has 1 heterocycles. The van der Waals surface area contributed by atoms with Gasteiger partial charge in [-0.3, -0.25) is 4.98 Å². The van der Waals surface area contributed by atoms with E-state index in [9.17, 15) is 0 Å². The summed E-state index contributed by atoms with van der Waals surface area (Å²) in [6, 6.07) is 10.1. The first-order valence-electron chi connectivity index (χ1n) is 5.17. The van der Waals surface area contributed by atoms with Gasteiger partial charge in [-0.2, -0.15) is 0 Å². The molecule has 1 aromatic carbocycles. The van der Waals surface area contributed by atoms with Crippen LogP contribution in [0.5, 0.6) is 0 Å². The van der Waals surface area contributed by atoms with E-state index in [0.717, 1.165) is 28.8 Å². The Hall–Kier alpha value is -1.61. The van der Waals surface area contributed by atoms with Gasteiger partial charge in [0.15, 0.2) is 0 Å². The molecule has 0 saturated heterocycles. The smallest absolute Gasteiger partial charge is 0.0726 e. The number of nitrogens with one attached hydrogen (secondary N) is 1. The van der Waals surface area contributed by atoms with Crippen molar-refractivity contribution >= 4 is 16.6 Å². The maximum absolute atomic E-state index is 5.62. The first kappa shape index (κ1) is 9.93. The van der Waals surface area contributed by atoms with Crippen LogP contribution in [-0.2, 0) is 6.54 Å². The molecule has 0 amide bonds. The van der Waals surface area contributed by atoms with E-state index < -0.39 is 0 Å². The van der Waals surface area contributed by atoms with Crippen LogP contribution in [0.25, 0.3) is 10.9 Å². The fraction of sp³-hybridized carbons (Fsp3) is 0.250. The highest BCUT2D eigenvalue weighted by molar-refractivity contribution is 5.91. The van der Waals surface area contributed by atoms with Crippen molar-refractivity contribution < 1.29 is 0 Å². The van der Waals surface area contributed by atoms with E-state index in [1.165, 1.54) is 0 Å². The van der Waals surface area contributed by atoms with Gasteiger partial charge >= 0.3 is 0 Å². The molecular weight excluding hydrogens is 186 g/mol. The number of nitrogens with zero attached hydrogens (tertiary/aromatic N) is 1. The molecule has 0 aliphatic carbocycles. The second-order valence-electron chi connectivity index (χ2n) is 3.41. The highest BCUT2D eigenvalue weighted by Crippen LogP contribution is 2.22. The molecule has 0 saturated carbocycles. The SMILES string of the molecule is CCNc1cc(CN)nc2ccccc12. The summed E-state index contributed by atoms with van der Waals surface area (Å²) < 4.78 is 0. The Morgan fingerprint density at radius 1 is 1.33 bits per heavy atom. The van der Waals surface area contributed by atoms with Gasteiger partial charge in [-0.05, 0) is 19.1 Å². The van der Waals surface area contributed by atoms with Crippen LogP contribution in [0.4, 0.5) is 5.69 Å². The number of para-hydroxylation sites is 1. The molecule has 1 aromatic heterocycles. The molecule has 0 unspecified atom stereocenters. The minimum absolute atomic E-state index is 0.475. The fourth-order valence-corrected chi connectivity index (χ4v) is 1.67. The topological polar surface area (TPSA) is 50.9 Å². The van der Waals surface area contributed by atoms with E-state index >= 15 is 0 Å². The molecule has 3 nitrogen and oxygen atoms in total. The molecule has 0 radical (unpaired) electrons. The van der Waals surface area contributed by atoms with Crippen molar-refractivity contribution in [2.45, 2.75) is 13.5 Å². The van der Waals surface area contributed by atoms with Crippen LogP contribution in [0.1, 0.15) is 12.6 Å². The Morgan fingerprint density at radius 3 is 2.87 bits per heavy atom. The number of nitrogens with two attached hydrogens (primary N) is 1. The first-order valence-corrected chi connectivity index (χ1v) is 5.17. The highest BCUT2D eigenvalue weighted by atomic mass is 14.9. The first-order chi connectivity index (χ1) is 7.35. The van der Waals surface area contributed by atoms with Gasteiger partial charge in [-0.1, -0.05) is 18.2 Å². The minimum Gasteiger partial charge on any atom is -0.385 e. The lowest BCUT2D eigenvalue weighted by Crippen LogP contribution is -2.03. The summed E-state index contributed by atoms with van der Waals surface area (Å²) in [5.41, 5.74) is 8.65. The lowest BCUT2D eigenvalue weighted by atomic mass is 10.1. The summed E-state index contributed by atoms with van der Waals surface area (Å²) >= 11 is 0. The number of benzene rings is 1. The lowest BCUT2D eigenvalue weighted by Gasteiger charge is -2.09. The fourth-order valence-electron chi connectivity index (χ4n) is 1.67. The van der Waals surface area contributed by atoms with Crippen molar-refractivity contribution in [3.8, 4) is 0 Å². The van der Waals surface area contributed by atoms with E-state index in [0.29, 0.717) is 6.54 Å². The van der Waals surface area contributed by atoms with Gasteiger partial charge in [0.2, 0.25) is 0 Å². The summed E-state index contributed by atoms with van der Waals surface area (Å²) in [5, 5.41) is 4.48. The average Bonchev–Trinajstić information content (AvgIpc) is 2.29. The molecule has 15 heavy (non-hydrogen) atoms. The van der Waals surface area contributed by atoms with Crippen LogP contribution in [0.2, 0.25) is 0 Å². The Morgan fingerprint density at radius 2 is 2.13 bits per heavy atom.